The maximum atomic E-state index is 14.6. The smallest absolute Gasteiger partial charge is 0.255 e. The third-order valence-electron chi connectivity index (χ3n) is 7.74. The molecule has 1 unspecified atom stereocenters. The molecule has 0 fully saturated rings. The van der Waals surface area contributed by atoms with Crippen LogP contribution in [-0.4, -0.2) is 27.3 Å². The van der Waals surface area contributed by atoms with E-state index in [2.05, 4.69) is 26.6 Å². The molecule has 1 aliphatic rings. The molecule has 2 heterocycles. The van der Waals surface area contributed by atoms with Crippen molar-refractivity contribution in [2.75, 3.05) is 17.2 Å². The number of nitrogens with one attached hydrogen (secondary N) is 2. The van der Waals surface area contributed by atoms with Crippen LogP contribution in [0.5, 0.6) is 11.5 Å². The topological polar surface area (TPSA) is 90.3 Å². The van der Waals surface area contributed by atoms with Gasteiger partial charge < -0.3 is 20.1 Å². The predicted octanol–water partition coefficient (Wildman–Crippen LogP) is 9.99. The minimum atomic E-state index is -0.714. The SMILES string of the molecule is CCOc1cc(C2C(C(=O)Nc3cccc(C)c3)=C(C)Nc3nc(SCc4ccccc4Cl)nn32)cc(Br)c1OCc1c(F)cccc1Cl. The zero-order valence-electron chi connectivity index (χ0n) is 26.7. The molecule has 2 N–H and O–H groups in total. The van der Waals surface area contributed by atoms with Crippen molar-refractivity contribution >= 4 is 68.4 Å². The van der Waals surface area contributed by atoms with E-state index in [1.54, 1.807) is 16.8 Å². The number of carbonyl (C=O) groups excluding carboxylic acids is 1. The molecule has 0 bridgehead atoms. The van der Waals surface area contributed by atoms with Gasteiger partial charge in [0.1, 0.15) is 18.5 Å². The van der Waals surface area contributed by atoms with E-state index in [1.807, 2.05) is 75.4 Å². The van der Waals surface area contributed by atoms with Gasteiger partial charge in [-0.05, 0) is 95.9 Å². The monoisotopic (exact) mass is 781 g/mol. The number of hydrogen-bond acceptors (Lipinski definition) is 7. The van der Waals surface area contributed by atoms with Gasteiger partial charge in [-0.1, -0.05) is 71.4 Å². The van der Waals surface area contributed by atoms with Gasteiger partial charge in [-0.15, -0.1) is 5.10 Å². The first-order valence-electron chi connectivity index (χ1n) is 15.3. The highest BCUT2D eigenvalue weighted by atomic mass is 79.9. The lowest BCUT2D eigenvalue weighted by Gasteiger charge is -2.29. The van der Waals surface area contributed by atoms with Gasteiger partial charge in [-0.2, -0.15) is 4.98 Å². The number of amides is 1. The molecule has 49 heavy (non-hydrogen) atoms. The fourth-order valence-corrected chi connectivity index (χ4v) is 7.34. The summed E-state index contributed by atoms with van der Waals surface area (Å²) in [4.78, 5) is 18.9. The minimum Gasteiger partial charge on any atom is -0.490 e. The normalized spacial score (nSPS) is 13.9. The van der Waals surface area contributed by atoms with Gasteiger partial charge in [0.2, 0.25) is 11.1 Å². The van der Waals surface area contributed by atoms with E-state index in [0.717, 1.165) is 11.1 Å². The quantitative estimate of drug-likeness (QED) is 0.129. The molecular weight excluding hydrogens is 752 g/mol. The van der Waals surface area contributed by atoms with E-state index in [4.69, 9.17) is 42.8 Å². The molecule has 0 radical (unpaired) electrons. The van der Waals surface area contributed by atoms with Gasteiger partial charge in [0.05, 0.1) is 21.7 Å². The Balaban J connectivity index is 1.40. The molecule has 8 nitrogen and oxygen atoms in total. The fraction of sp³-hybridized carbons (Fsp3) is 0.194. The van der Waals surface area contributed by atoms with Gasteiger partial charge in [0, 0.05) is 27.7 Å². The zero-order valence-corrected chi connectivity index (χ0v) is 30.6. The van der Waals surface area contributed by atoms with Crippen LogP contribution in [0.2, 0.25) is 10.0 Å². The Kier molecular flexibility index (Phi) is 10.8. The van der Waals surface area contributed by atoms with Crippen molar-refractivity contribution in [1.82, 2.24) is 14.8 Å². The summed E-state index contributed by atoms with van der Waals surface area (Å²) < 4.78 is 29.0. The molecule has 5 aromatic rings. The van der Waals surface area contributed by atoms with E-state index in [1.165, 1.54) is 23.9 Å². The van der Waals surface area contributed by atoms with Crippen molar-refractivity contribution in [2.45, 2.75) is 44.3 Å². The maximum absolute atomic E-state index is 14.6. The van der Waals surface area contributed by atoms with Gasteiger partial charge in [-0.3, -0.25) is 4.79 Å². The molecule has 6 rings (SSSR count). The van der Waals surface area contributed by atoms with E-state index in [-0.39, 0.29) is 23.1 Å². The highest BCUT2D eigenvalue weighted by Crippen LogP contribution is 2.44. The molecule has 1 atom stereocenters. The van der Waals surface area contributed by atoms with Crippen molar-refractivity contribution in [1.29, 1.82) is 0 Å². The second-order valence-corrected chi connectivity index (χ2v) is 13.8. The van der Waals surface area contributed by atoms with Crippen LogP contribution in [-0.2, 0) is 17.2 Å². The first-order valence-corrected chi connectivity index (χ1v) is 17.9. The molecule has 0 saturated carbocycles. The van der Waals surface area contributed by atoms with E-state index < -0.39 is 11.9 Å². The number of nitrogens with zero attached hydrogens (tertiary/aromatic N) is 3. The lowest BCUT2D eigenvalue weighted by Crippen LogP contribution is -2.31. The molecule has 4 aromatic carbocycles. The third-order valence-corrected chi connectivity index (χ3v) is 9.94. The van der Waals surface area contributed by atoms with E-state index >= 15 is 0 Å². The van der Waals surface area contributed by atoms with Crippen LogP contribution in [0.3, 0.4) is 0 Å². The molecule has 0 aliphatic carbocycles. The number of thioether (sulfide) groups is 1. The standard InChI is InChI=1S/C36H31BrCl2FN5O3S/c1-4-47-30-17-23(16-26(37)33(30)48-18-25-28(39)13-8-14-29(25)40)32-31(34(46)42-24-11-7-9-20(2)15-24)21(3)41-35-43-36(44-45(32)35)49-19-22-10-5-6-12-27(22)38/h5-17,32H,4,18-19H2,1-3H3,(H,42,46)(H,41,43,44). The number of halogens is 4. The summed E-state index contributed by atoms with van der Waals surface area (Å²) >= 11 is 17.8. The van der Waals surface area contributed by atoms with Gasteiger partial charge in [0.25, 0.3) is 5.91 Å². The second-order valence-electron chi connectivity index (χ2n) is 11.2. The van der Waals surface area contributed by atoms with Crippen LogP contribution in [0.4, 0.5) is 16.0 Å². The highest BCUT2D eigenvalue weighted by Gasteiger charge is 2.35. The number of anilines is 2. The van der Waals surface area contributed by atoms with Gasteiger partial charge in [-0.25, -0.2) is 9.07 Å². The average Bonchev–Trinajstić information content (AvgIpc) is 3.46. The molecule has 252 valence electrons. The summed E-state index contributed by atoms with van der Waals surface area (Å²) in [6, 6.07) is 22.6. The van der Waals surface area contributed by atoms with Crippen LogP contribution in [0.15, 0.2) is 99.8 Å². The van der Waals surface area contributed by atoms with Crippen LogP contribution in [0.25, 0.3) is 0 Å². The number of fused-ring (bicyclic) bond motifs is 1. The number of rotatable bonds is 11. The summed E-state index contributed by atoms with van der Waals surface area (Å²) in [5, 5.41) is 12.6. The summed E-state index contributed by atoms with van der Waals surface area (Å²) in [6.45, 7) is 5.85. The molecule has 0 saturated heterocycles. The predicted molar refractivity (Wildman–Crippen MR) is 196 cm³/mol. The highest BCUT2D eigenvalue weighted by molar-refractivity contribution is 9.10. The van der Waals surface area contributed by atoms with E-state index in [0.29, 0.717) is 67.0 Å². The average molecular weight is 784 g/mol. The fourth-order valence-electron chi connectivity index (χ4n) is 5.44. The summed E-state index contributed by atoms with van der Waals surface area (Å²) in [7, 11) is 0. The summed E-state index contributed by atoms with van der Waals surface area (Å²) in [5.41, 5.74) is 4.58. The van der Waals surface area contributed by atoms with Crippen LogP contribution in [0, 0.1) is 12.7 Å². The van der Waals surface area contributed by atoms with Crippen molar-refractivity contribution in [2.24, 2.45) is 0 Å². The lowest BCUT2D eigenvalue weighted by molar-refractivity contribution is -0.113. The molecule has 0 spiro atoms. The van der Waals surface area contributed by atoms with Crippen LogP contribution >= 0.6 is 50.9 Å². The number of ether oxygens (including phenoxy) is 2. The molecule has 1 aliphatic heterocycles. The number of benzene rings is 4. The van der Waals surface area contributed by atoms with Crippen molar-refractivity contribution in [3.63, 3.8) is 0 Å². The lowest BCUT2D eigenvalue weighted by atomic mass is 9.94. The van der Waals surface area contributed by atoms with Crippen LogP contribution in [0.1, 0.15) is 42.1 Å². The number of hydrogen-bond donors (Lipinski definition) is 2. The third kappa shape index (κ3) is 7.75. The second kappa shape index (κ2) is 15.2. The van der Waals surface area contributed by atoms with Crippen molar-refractivity contribution < 1.29 is 18.7 Å². The molecular formula is C36H31BrCl2FN5O3S. The zero-order chi connectivity index (χ0) is 34.7. The Labute approximate surface area is 306 Å². The minimum absolute atomic E-state index is 0.126. The Morgan fingerprint density at radius 2 is 1.82 bits per heavy atom. The first-order chi connectivity index (χ1) is 23.6. The molecule has 13 heteroatoms. The number of carbonyl (C=O) groups is 1. The number of allylic oxidation sites excluding steroid dienone is 1. The van der Waals surface area contributed by atoms with Crippen molar-refractivity contribution in [3.8, 4) is 11.5 Å². The Morgan fingerprint density at radius 3 is 2.57 bits per heavy atom. The number of aryl methyl sites for hydroxylation is 1. The summed E-state index contributed by atoms with van der Waals surface area (Å²) in [5.74, 6) is 0.998. The van der Waals surface area contributed by atoms with E-state index in [9.17, 15) is 9.18 Å². The largest absolute Gasteiger partial charge is 0.490 e. The molecule has 1 amide bonds. The van der Waals surface area contributed by atoms with Crippen molar-refractivity contribution in [3.05, 3.63) is 133 Å². The Morgan fingerprint density at radius 1 is 1.04 bits per heavy atom. The maximum Gasteiger partial charge on any atom is 0.255 e. The Bertz CT molecular complexity index is 2050. The van der Waals surface area contributed by atoms with Gasteiger partial charge in [0.15, 0.2) is 11.5 Å². The van der Waals surface area contributed by atoms with Crippen LogP contribution < -0.4 is 20.1 Å². The number of aromatic nitrogens is 3. The Hall–Kier alpha value is -4.03. The van der Waals surface area contributed by atoms with Gasteiger partial charge >= 0.3 is 0 Å². The first kappa shape index (κ1) is 34.8. The molecule has 1 aromatic heterocycles. The summed E-state index contributed by atoms with van der Waals surface area (Å²) in [6.07, 6.45) is 0.